The van der Waals surface area contributed by atoms with E-state index < -0.39 is 0 Å². The summed E-state index contributed by atoms with van der Waals surface area (Å²) in [7, 11) is 1.52. The zero-order valence-electron chi connectivity index (χ0n) is 32.9. The van der Waals surface area contributed by atoms with Gasteiger partial charge in [0.25, 0.3) is 0 Å². The number of hydrogen-bond acceptors (Lipinski definition) is 4. The molecular formula is C44H70N4Si2. The molecule has 4 nitrogen and oxygen atoms in total. The van der Waals surface area contributed by atoms with Gasteiger partial charge in [-0.05, 0) is 59.3 Å². The summed E-state index contributed by atoms with van der Waals surface area (Å²) < 4.78 is 0. The van der Waals surface area contributed by atoms with Crippen LogP contribution in [0.25, 0.3) is 22.5 Å². The summed E-state index contributed by atoms with van der Waals surface area (Å²) in [6.45, 7) is 14.2. The average molecular weight is 711 g/mol. The van der Waals surface area contributed by atoms with Gasteiger partial charge in [0.15, 0.2) is 0 Å². The molecule has 0 saturated heterocycles. The molecule has 3 heterocycles. The molecule has 0 amide bonds. The van der Waals surface area contributed by atoms with Gasteiger partial charge >= 0.3 is 0 Å². The molecule has 0 bridgehead atoms. The van der Waals surface area contributed by atoms with E-state index in [0.29, 0.717) is 11.1 Å². The Morgan fingerprint density at radius 3 is 1.12 bits per heavy atom. The average Bonchev–Trinajstić information content (AvgIpc) is 3.12. The van der Waals surface area contributed by atoms with E-state index in [9.17, 15) is 0 Å². The van der Waals surface area contributed by atoms with Crippen LogP contribution in [0.3, 0.4) is 0 Å². The minimum atomic E-state index is 0.692. The number of hydrogen-bond donors (Lipinski definition) is 0. The zero-order chi connectivity index (χ0) is 35.8. The number of unbranched alkanes of at least 4 members (excludes halogenated alkanes) is 10. The van der Waals surface area contributed by atoms with Crippen LogP contribution in [-0.2, 0) is 0 Å². The molecule has 6 heteroatoms. The van der Waals surface area contributed by atoms with Gasteiger partial charge in [0, 0.05) is 34.2 Å². The monoisotopic (exact) mass is 711 g/mol. The fourth-order valence-corrected chi connectivity index (χ4v) is 9.26. The van der Waals surface area contributed by atoms with Gasteiger partial charge in [0.1, 0.15) is 19.0 Å². The molecule has 0 N–H and O–H groups in total. The van der Waals surface area contributed by atoms with Crippen LogP contribution >= 0.6 is 0 Å². The normalized spacial score (nSPS) is 14.0. The van der Waals surface area contributed by atoms with Gasteiger partial charge in [-0.15, -0.1) is 10.2 Å². The van der Waals surface area contributed by atoms with E-state index >= 15 is 0 Å². The molecule has 3 aromatic rings. The maximum absolute atomic E-state index is 4.80. The Hall–Kier alpha value is -2.19. The summed E-state index contributed by atoms with van der Waals surface area (Å²) in [5.41, 5.74) is 5.16. The Labute approximate surface area is 312 Å². The van der Waals surface area contributed by atoms with Crippen LogP contribution in [0.2, 0.25) is 11.1 Å². The second-order valence-corrected chi connectivity index (χ2v) is 19.0. The molecule has 0 fully saturated rings. The third-order valence-electron chi connectivity index (χ3n) is 10.3. The van der Waals surface area contributed by atoms with Crippen LogP contribution in [0.1, 0.15) is 170 Å². The van der Waals surface area contributed by atoms with Crippen LogP contribution in [0.15, 0.2) is 48.8 Å². The van der Waals surface area contributed by atoms with Crippen LogP contribution in [0.4, 0.5) is 0 Å². The van der Waals surface area contributed by atoms with Gasteiger partial charge in [-0.1, -0.05) is 170 Å². The Bertz CT molecular complexity index is 1150. The lowest BCUT2D eigenvalue weighted by molar-refractivity contribution is 0.436. The highest BCUT2D eigenvalue weighted by Crippen LogP contribution is 2.22. The molecule has 0 spiro atoms. The van der Waals surface area contributed by atoms with Gasteiger partial charge in [-0.2, -0.15) is 0 Å². The van der Waals surface area contributed by atoms with E-state index in [1.807, 2.05) is 12.4 Å². The lowest BCUT2D eigenvalue weighted by Crippen LogP contribution is -2.21. The molecule has 0 aliphatic carbocycles. The van der Waals surface area contributed by atoms with Crippen molar-refractivity contribution < 1.29 is 0 Å². The van der Waals surface area contributed by atoms with E-state index in [1.54, 1.807) is 0 Å². The lowest BCUT2D eigenvalue weighted by atomic mass is 9.96. The summed E-state index contributed by atoms with van der Waals surface area (Å²) in [5.74, 6) is 1.81. The third-order valence-corrected chi connectivity index (χ3v) is 13.1. The van der Waals surface area contributed by atoms with Gasteiger partial charge < -0.3 is 0 Å². The van der Waals surface area contributed by atoms with E-state index in [0.717, 1.165) is 53.4 Å². The van der Waals surface area contributed by atoms with Crippen molar-refractivity contribution in [2.75, 3.05) is 0 Å². The first-order valence-corrected chi connectivity index (χ1v) is 22.8. The van der Waals surface area contributed by atoms with Crippen LogP contribution in [0, 0.1) is 11.8 Å². The van der Waals surface area contributed by atoms with E-state index in [2.05, 4.69) is 88.1 Å². The van der Waals surface area contributed by atoms with E-state index in [1.165, 1.54) is 139 Å². The van der Waals surface area contributed by atoms with Gasteiger partial charge in [-0.3, -0.25) is 9.97 Å². The molecule has 274 valence electrons. The molecule has 4 unspecified atom stereocenters. The van der Waals surface area contributed by atoms with Crippen molar-refractivity contribution in [2.24, 2.45) is 11.8 Å². The summed E-state index contributed by atoms with van der Waals surface area (Å²) in [6.07, 6.45) is 31.5. The first-order chi connectivity index (χ1) is 24.4. The highest BCUT2D eigenvalue weighted by atomic mass is 28.2. The fraction of sp³-hybridized carbons (Fsp3) is 0.682. The predicted molar refractivity (Wildman–Crippen MR) is 220 cm³/mol. The van der Waals surface area contributed by atoms with Crippen LogP contribution < -0.4 is 10.6 Å². The smallest absolute Gasteiger partial charge is 0.111 e. The molecule has 3 aromatic heterocycles. The number of rotatable bonds is 28. The van der Waals surface area contributed by atoms with E-state index in [-0.39, 0.29) is 0 Å². The predicted octanol–water partition coefficient (Wildman–Crippen LogP) is 12.0. The summed E-state index contributed by atoms with van der Waals surface area (Å²) in [5, 5.41) is 11.5. The molecule has 50 heavy (non-hydrogen) atoms. The topological polar surface area (TPSA) is 51.6 Å². The summed E-state index contributed by atoms with van der Waals surface area (Å²) >= 11 is 0. The lowest BCUT2D eigenvalue weighted by Gasteiger charge is -2.12. The summed E-state index contributed by atoms with van der Waals surface area (Å²) in [6, 6.07) is 12.8. The molecule has 3 rings (SSSR count). The number of nitrogens with zero attached hydrogens (tertiary/aromatic N) is 4. The standard InChI is InChI=1S/C44H70N4Si2/c1-7-9-15-21-35(3)23-17-11-13-19-25-37(5)49-43-31-27-39(33-45-43)41-29-30-42(48-47-41)40-28-32-44(46-34-40)50-38(6)26-20-14-12-18-24-36(4)22-16-10-8-2/h27-38H,7-26H2,1-6H3. The van der Waals surface area contributed by atoms with Crippen molar-refractivity contribution in [3.63, 3.8) is 0 Å². The first-order valence-electron chi connectivity index (χ1n) is 20.7. The Morgan fingerprint density at radius 1 is 0.440 bits per heavy atom. The number of aromatic nitrogens is 4. The van der Waals surface area contributed by atoms with Crippen molar-refractivity contribution >= 4 is 29.7 Å². The van der Waals surface area contributed by atoms with Crippen LogP contribution in [0.5, 0.6) is 0 Å². The fourth-order valence-electron chi connectivity index (χ4n) is 6.92. The van der Waals surface area contributed by atoms with Crippen molar-refractivity contribution in [3.8, 4) is 22.5 Å². The number of pyridine rings is 2. The van der Waals surface area contributed by atoms with Crippen molar-refractivity contribution in [3.05, 3.63) is 48.8 Å². The third kappa shape index (κ3) is 17.8. The SMILES string of the molecule is CCCCCC(C)CCCCCCC(C)[Si]c1ccc(-c2ccc(-c3ccc([Si]C(C)CCCCCCC(C)CCCCC)nc3)nn2)cn1. The maximum atomic E-state index is 4.80. The molecule has 0 aromatic carbocycles. The van der Waals surface area contributed by atoms with Gasteiger partial charge in [0.2, 0.25) is 0 Å². The summed E-state index contributed by atoms with van der Waals surface area (Å²) in [4.78, 5) is 9.60. The zero-order valence-corrected chi connectivity index (χ0v) is 34.9. The Morgan fingerprint density at radius 2 is 0.800 bits per heavy atom. The van der Waals surface area contributed by atoms with Crippen molar-refractivity contribution in [2.45, 2.75) is 181 Å². The second kappa shape index (κ2) is 25.7. The van der Waals surface area contributed by atoms with Crippen molar-refractivity contribution in [1.82, 2.24) is 20.2 Å². The minimum Gasteiger partial charge on any atom is -0.266 e. The Balaban J connectivity index is 1.32. The molecule has 4 atom stereocenters. The molecule has 0 aliphatic heterocycles. The highest BCUT2D eigenvalue weighted by Gasteiger charge is 2.11. The molecular weight excluding hydrogens is 641 g/mol. The van der Waals surface area contributed by atoms with Gasteiger partial charge in [-0.25, -0.2) is 0 Å². The second-order valence-electron chi connectivity index (χ2n) is 15.4. The molecule has 4 radical (unpaired) electrons. The highest BCUT2D eigenvalue weighted by molar-refractivity contribution is 6.54. The molecule has 0 saturated carbocycles. The van der Waals surface area contributed by atoms with E-state index in [4.69, 9.17) is 9.97 Å². The minimum absolute atomic E-state index is 0.692. The first kappa shape index (κ1) is 42.2. The Kier molecular flexibility index (Phi) is 21.7. The maximum Gasteiger partial charge on any atom is 0.111 e. The van der Waals surface area contributed by atoms with Gasteiger partial charge in [0.05, 0.1) is 11.4 Å². The quantitative estimate of drug-likeness (QED) is 0.0556. The molecule has 0 aliphatic rings. The largest absolute Gasteiger partial charge is 0.266 e. The van der Waals surface area contributed by atoms with Crippen LogP contribution in [-0.4, -0.2) is 39.2 Å². The van der Waals surface area contributed by atoms with Crippen molar-refractivity contribution in [1.29, 1.82) is 0 Å².